The average Bonchev–Trinajstić information content (AvgIpc) is 3.00. The smallest absolute Gasteiger partial charge is 0.403 e. The van der Waals surface area contributed by atoms with Crippen molar-refractivity contribution in [3.05, 3.63) is 60.2 Å². The van der Waals surface area contributed by atoms with E-state index >= 15 is 0 Å². The van der Waals surface area contributed by atoms with E-state index in [1.165, 1.54) is 18.6 Å². The number of ketones is 1. The number of amides is 1. The number of carbonyl (C=O) groups excluding carboxylic acids is 2. The normalized spacial score (nSPS) is 18.5. The highest BCUT2D eigenvalue weighted by Gasteiger charge is 2.54. The van der Waals surface area contributed by atoms with Gasteiger partial charge in [0.25, 0.3) is 5.91 Å². The molecule has 1 saturated heterocycles. The molecule has 0 spiro atoms. The summed E-state index contributed by atoms with van der Waals surface area (Å²) in [6.45, 7) is 12.3. The van der Waals surface area contributed by atoms with E-state index in [0.717, 1.165) is 12.0 Å². The highest BCUT2D eigenvalue weighted by Crippen LogP contribution is 2.42. The molecule has 3 rings (SSSR count). The Bertz CT molecular complexity index is 951. The second-order valence-electron chi connectivity index (χ2n) is 10.5. The van der Waals surface area contributed by atoms with Gasteiger partial charge >= 0.3 is 7.12 Å². The molecule has 1 aromatic heterocycles. The van der Waals surface area contributed by atoms with Gasteiger partial charge in [-0.2, -0.15) is 0 Å². The molecular formula is C26H36BN3O4. The van der Waals surface area contributed by atoms with Crippen molar-refractivity contribution in [3.8, 4) is 0 Å². The summed E-state index contributed by atoms with van der Waals surface area (Å²) in [6, 6.07) is 8.98. The van der Waals surface area contributed by atoms with Crippen LogP contribution in [0.5, 0.6) is 0 Å². The molecule has 2 heterocycles. The molecule has 0 saturated carbocycles. The number of rotatable bonds is 10. The maximum Gasteiger partial charge on any atom is 0.461 e. The Labute approximate surface area is 203 Å². The molecule has 0 aliphatic carbocycles. The summed E-state index contributed by atoms with van der Waals surface area (Å²) >= 11 is 0. The summed E-state index contributed by atoms with van der Waals surface area (Å²) in [4.78, 5) is 34.5. The van der Waals surface area contributed by atoms with Crippen LogP contribution < -0.4 is 5.32 Å². The summed E-state index contributed by atoms with van der Waals surface area (Å²) in [5.41, 5.74) is 0.202. The molecule has 8 heteroatoms. The van der Waals surface area contributed by atoms with E-state index in [1.807, 2.05) is 58.0 Å². The van der Waals surface area contributed by atoms with E-state index in [0.29, 0.717) is 12.3 Å². The maximum atomic E-state index is 13.6. The number of hydrogen-bond acceptors (Lipinski definition) is 6. The minimum absolute atomic E-state index is 0.0542. The third kappa shape index (κ3) is 6.51. The first-order valence-corrected chi connectivity index (χ1v) is 12.0. The first-order valence-electron chi connectivity index (χ1n) is 12.0. The van der Waals surface area contributed by atoms with Crippen molar-refractivity contribution in [2.24, 2.45) is 5.92 Å². The lowest BCUT2D eigenvalue weighted by Gasteiger charge is -2.32. The molecule has 1 amide bonds. The molecule has 0 bridgehead atoms. The predicted molar refractivity (Wildman–Crippen MR) is 132 cm³/mol. The second kappa shape index (κ2) is 10.8. The number of nitrogens with zero attached hydrogens (tertiary/aromatic N) is 2. The molecule has 0 radical (unpaired) electrons. The Kier molecular flexibility index (Phi) is 8.26. The molecule has 182 valence electrons. The number of benzene rings is 1. The van der Waals surface area contributed by atoms with Crippen molar-refractivity contribution >= 4 is 18.8 Å². The van der Waals surface area contributed by atoms with E-state index in [2.05, 4.69) is 29.1 Å². The predicted octanol–water partition coefficient (Wildman–Crippen LogP) is 4.29. The number of hydrogen-bond donors (Lipinski definition) is 1. The van der Waals surface area contributed by atoms with E-state index in [9.17, 15) is 9.59 Å². The van der Waals surface area contributed by atoms with E-state index < -0.39 is 30.3 Å². The van der Waals surface area contributed by atoms with Crippen LogP contribution in [-0.2, 0) is 20.5 Å². The van der Waals surface area contributed by atoms with E-state index in [4.69, 9.17) is 9.31 Å². The van der Waals surface area contributed by atoms with Crippen LogP contribution in [0.4, 0.5) is 0 Å². The van der Waals surface area contributed by atoms with Crippen molar-refractivity contribution < 1.29 is 18.9 Å². The monoisotopic (exact) mass is 465 g/mol. The minimum atomic E-state index is -0.700. The van der Waals surface area contributed by atoms with Crippen molar-refractivity contribution in [1.29, 1.82) is 0 Å². The summed E-state index contributed by atoms with van der Waals surface area (Å²) in [7, 11) is -0.482. The van der Waals surface area contributed by atoms with Crippen LogP contribution in [0, 0.1) is 5.92 Å². The van der Waals surface area contributed by atoms with Crippen LogP contribution in [0.25, 0.3) is 0 Å². The molecule has 34 heavy (non-hydrogen) atoms. The molecule has 1 aliphatic rings. The Morgan fingerprint density at radius 2 is 1.68 bits per heavy atom. The lowest BCUT2D eigenvalue weighted by atomic mass is 9.65. The SMILES string of the molecule is CC(C)C[C@H](CC(=O)[C@H](Cc1ccccc1)NC(=O)c1cnccn1)B1OC(C)(C)C(C)(C)O1. The highest BCUT2D eigenvalue weighted by molar-refractivity contribution is 6.48. The molecule has 7 nitrogen and oxygen atoms in total. The zero-order valence-corrected chi connectivity index (χ0v) is 21.1. The van der Waals surface area contributed by atoms with Gasteiger partial charge in [0.15, 0.2) is 5.78 Å². The summed E-state index contributed by atoms with van der Waals surface area (Å²) < 4.78 is 12.6. The summed E-state index contributed by atoms with van der Waals surface area (Å²) in [5, 5.41) is 2.89. The standard InChI is InChI=1S/C26H36BN3O4/c1-18(2)14-20(27-33-25(3,4)26(5,6)34-27)16-23(31)21(15-19-10-8-7-9-11-19)30-24(32)22-17-28-12-13-29-22/h7-13,17-18,20-21H,14-16H2,1-6H3,(H,30,32)/t20-,21+/m1/s1. The van der Waals surface area contributed by atoms with Gasteiger partial charge < -0.3 is 14.6 Å². The molecular weight excluding hydrogens is 429 g/mol. The number of aromatic nitrogens is 2. The van der Waals surface area contributed by atoms with Gasteiger partial charge in [-0.1, -0.05) is 44.2 Å². The number of carbonyl (C=O) groups is 2. The lowest BCUT2D eigenvalue weighted by molar-refractivity contribution is -0.121. The first-order chi connectivity index (χ1) is 16.0. The van der Waals surface area contributed by atoms with E-state index in [-0.39, 0.29) is 23.7 Å². The zero-order chi connectivity index (χ0) is 24.9. The van der Waals surface area contributed by atoms with Gasteiger partial charge in [0.05, 0.1) is 23.4 Å². The Morgan fingerprint density at radius 3 is 2.24 bits per heavy atom. The first kappa shape index (κ1) is 26.0. The molecule has 1 aromatic carbocycles. The topological polar surface area (TPSA) is 90.4 Å². The van der Waals surface area contributed by atoms with Gasteiger partial charge in [0, 0.05) is 24.6 Å². The maximum absolute atomic E-state index is 13.6. The minimum Gasteiger partial charge on any atom is -0.403 e. The third-order valence-corrected chi connectivity index (χ3v) is 6.67. The van der Waals surface area contributed by atoms with Gasteiger partial charge in [-0.25, -0.2) is 4.98 Å². The Hall–Kier alpha value is -2.58. The third-order valence-electron chi connectivity index (χ3n) is 6.67. The van der Waals surface area contributed by atoms with E-state index in [1.54, 1.807) is 0 Å². The summed E-state index contributed by atoms with van der Waals surface area (Å²) in [5.74, 6) is -0.237. The van der Waals surface area contributed by atoms with Crippen LogP contribution in [0.3, 0.4) is 0 Å². The van der Waals surface area contributed by atoms with Gasteiger partial charge in [0.1, 0.15) is 5.69 Å². The van der Waals surface area contributed by atoms with Crippen molar-refractivity contribution in [3.63, 3.8) is 0 Å². The molecule has 2 atom stereocenters. The fourth-order valence-corrected chi connectivity index (χ4v) is 4.12. The largest absolute Gasteiger partial charge is 0.461 e. The molecule has 1 aliphatic heterocycles. The zero-order valence-electron chi connectivity index (χ0n) is 21.1. The van der Waals surface area contributed by atoms with Gasteiger partial charge in [-0.3, -0.25) is 14.6 Å². The molecule has 1 N–H and O–H groups in total. The van der Waals surface area contributed by atoms with Crippen molar-refractivity contribution in [2.75, 3.05) is 0 Å². The lowest BCUT2D eigenvalue weighted by Crippen LogP contribution is -2.44. The van der Waals surface area contributed by atoms with Gasteiger partial charge in [-0.15, -0.1) is 0 Å². The Morgan fingerprint density at radius 1 is 1.03 bits per heavy atom. The summed E-state index contributed by atoms with van der Waals surface area (Å²) in [6.07, 6.45) is 5.77. The van der Waals surface area contributed by atoms with Crippen molar-refractivity contribution in [1.82, 2.24) is 15.3 Å². The van der Waals surface area contributed by atoms with Crippen LogP contribution >= 0.6 is 0 Å². The number of Topliss-reactive ketones (excluding diaryl/α,β-unsaturated/α-hetero) is 1. The molecule has 0 unspecified atom stereocenters. The van der Waals surface area contributed by atoms with Crippen LogP contribution in [0.15, 0.2) is 48.9 Å². The Balaban J connectivity index is 1.80. The van der Waals surface area contributed by atoms with Crippen LogP contribution in [0.1, 0.15) is 70.4 Å². The fourth-order valence-electron chi connectivity index (χ4n) is 4.12. The quantitative estimate of drug-likeness (QED) is 0.527. The van der Waals surface area contributed by atoms with Crippen LogP contribution in [0.2, 0.25) is 5.82 Å². The highest BCUT2D eigenvalue weighted by atomic mass is 16.7. The number of nitrogens with one attached hydrogen (secondary N) is 1. The van der Waals surface area contributed by atoms with Gasteiger partial charge in [-0.05, 0) is 52.0 Å². The van der Waals surface area contributed by atoms with Gasteiger partial charge in [0.2, 0.25) is 0 Å². The second-order valence-corrected chi connectivity index (χ2v) is 10.5. The van der Waals surface area contributed by atoms with Crippen molar-refractivity contribution in [2.45, 2.75) is 83.9 Å². The molecule has 2 aromatic rings. The fraction of sp³-hybridized carbons (Fsp3) is 0.538. The van der Waals surface area contributed by atoms with Crippen LogP contribution in [-0.4, -0.2) is 46.0 Å². The average molecular weight is 465 g/mol. The molecule has 1 fully saturated rings.